The second-order valence-corrected chi connectivity index (χ2v) is 7.01. The Bertz CT molecular complexity index is 358. The van der Waals surface area contributed by atoms with E-state index in [1.165, 1.54) is 0 Å². The maximum Gasteiger partial charge on any atom is 1.00 e. The second-order valence-electron chi connectivity index (χ2n) is 5.83. The number of aliphatic hydroxyl groups excluding tert-OH is 1. The summed E-state index contributed by atoms with van der Waals surface area (Å²) in [6.07, 6.45) is 3.14. The van der Waals surface area contributed by atoms with Crippen molar-refractivity contribution in [3.8, 4) is 0 Å². The standard InChI is InChI=1S/C13H22O6S.Na/c14-9-2-1-3-10(6-9)19-11-4-8(13(15)16)5-12(7-11)20(17)18;/h8-12,14H,1-7H2,(H,15,16)(H,17,18);/q;+1/p-1. The van der Waals surface area contributed by atoms with Crippen LogP contribution < -0.4 is 29.6 Å². The van der Waals surface area contributed by atoms with Crippen LogP contribution >= 0.6 is 0 Å². The summed E-state index contributed by atoms with van der Waals surface area (Å²) < 4.78 is 28.1. The van der Waals surface area contributed by atoms with E-state index in [-0.39, 0.29) is 54.3 Å². The van der Waals surface area contributed by atoms with E-state index in [1.807, 2.05) is 0 Å². The Morgan fingerprint density at radius 1 is 1.14 bits per heavy atom. The van der Waals surface area contributed by atoms with Crippen molar-refractivity contribution in [2.24, 2.45) is 5.92 Å². The maximum atomic E-state index is 11.1. The Hall–Kier alpha value is 0.500. The third-order valence-electron chi connectivity index (χ3n) is 4.23. The SMILES string of the molecule is O=C(O)C1CC(OC2CCCC(O)C2)CC(S(=O)[O-])C1.[Na+]. The van der Waals surface area contributed by atoms with Crippen molar-refractivity contribution in [2.75, 3.05) is 0 Å². The van der Waals surface area contributed by atoms with E-state index in [9.17, 15) is 18.7 Å². The molecule has 6 atom stereocenters. The molecule has 0 amide bonds. The molecule has 116 valence electrons. The molecule has 2 saturated carbocycles. The molecule has 0 aromatic heterocycles. The van der Waals surface area contributed by atoms with Crippen molar-refractivity contribution in [3.05, 3.63) is 0 Å². The zero-order valence-electron chi connectivity index (χ0n) is 12.3. The van der Waals surface area contributed by atoms with Gasteiger partial charge >= 0.3 is 35.5 Å². The van der Waals surface area contributed by atoms with Crippen LogP contribution in [0.5, 0.6) is 0 Å². The Kier molecular flexibility index (Phi) is 8.34. The van der Waals surface area contributed by atoms with Crippen LogP contribution in [0.25, 0.3) is 0 Å². The van der Waals surface area contributed by atoms with E-state index in [1.54, 1.807) is 0 Å². The molecule has 2 N–H and O–H groups in total. The molecule has 2 aliphatic rings. The summed E-state index contributed by atoms with van der Waals surface area (Å²) in [4.78, 5) is 11.1. The van der Waals surface area contributed by atoms with Crippen LogP contribution in [0.15, 0.2) is 0 Å². The van der Waals surface area contributed by atoms with Gasteiger partial charge in [0.05, 0.1) is 24.2 Å². The smallest absolute Gasteiger partial charge is 0.772 e. The second kappa shape index (κ2) is 8.96. The molecule has 21 heavy (non-hydrogen) atoms. The van der Waals surface area contributed by atoms with Crippen molar-refractivity contribution in [1.29, 1.82) is 0 Å². The van der Waals surface area contributed by atoms with E-state index < -0.39 is 28.2 Å². The van der Waals surface area contributed by atoms with Crippen LogP contribution in [-0.2, 0) is 20.6 Å². The number of rotatable bonds is 4. The molecule has 0 aliphatic heterocycles. The predicted octanol–water partition coefficient (Wildman–Crippen LogP) is -2.19. The summed E-state index contributed by atoms with van der Waals surface area (Å²) in [7, 11) is 0. The molecule has 0 heterocycles. The van der Waals surface area contributed by atoms with Gasteiger partial charge in [0.1, 0.15) is 0 Å². The molecule has 2 aliphatic carbocycles. The summed E-state index contributed by atoms with van der Waals surface area (Å²) in [6, 6.07) is 0. The molecular formula is C13H21NaO6S. The van der Waals surface area contributed by atoms with Crippen LogP contribution in [0.3, 0.4) is 0 Å². The van der Waals surface area contributed by atoms with E-state index in [0.29, 0.717) is 19.3 Å². The van der Waals surface area contributed by atoms with Gasteiger partial charge in [-0.1, -0.05) is 11.1 Å². The first-order chi connectivity index (χ1) is 9.45. The first kappa shape index (κ1) is 19.5. The fourth-order valence-electron chi connectivity index (χ4n) is 3.20. The normalized spacial score (nSPS) is 38.3. The van der Waals surface area contributed by atoms with Gasteiger partial charge in [0.15, 0.2) is 0 Å². The van der Waals surface area contributed by atoms with Crippen LogP contribution in [0.2, 0.25) is 0 Å². The third-order valence-corrected chi connectivity index (χ3v) is 5.15. The molecule has 0 aromatic rings. The van der Waals surface area contributed by atoms with E-state index in [4.69, 9.17) is 9.84 Å². The van der Waals surface area contributed by atoms with E-state index >= 15 is 0 Å². The first-order valence-corrected chi connectivity index (χ1v) is 8.24. The van der Waals surface area contributed by atoms with Gasteiger partial charge in [-0.05, 0) is 44.9 Å². The third kappa shape index (κ3) is 5.89. The van der Waals surface area contributed by atoms with Gasteiger partial charge in [-0.25, -0.2) is 0 Å². The fraction of sp³-hybridized carbons (Fsp3) is 0.923. The van der Waals surface area contributed by atoms with Crippen molar-refractivity contribution >= 4 is 17.0 Å². The van der Waals surface area contributed by atoms with Gasteiger partial charge in [-0.2, -0.15) is 0 Å². The van der Waals surface area contributed by atoms with Gasteiger partial charge < -0.3 is 19.5 Å². The number of aliphatic carboxylic acids is 1. The van der Waals surface area contributed by atoms with E-state index in [2.05, 4.69) is 0 Å². The number of aliphatic hydroxyl groups is 1. The zero-order valence-corrected chi connectivity index (χ0v) is 15.1. The fourth-order valence-corrected chi connectivity index (χ4v) is 3.96. The maximum absolute atomic E-state index is 11.1. The van der Waals surface area contributed by atoms with Gasteiger partial charge in [0.25, 0.3) is 0 Å². The van der Waals surface area contributed by atoms with Crippen molar-refractivity contribution in [2.45, 2.75) is 68.5 Å². The van der Waals surface area contributed by atoms with Gasteiger partial charge in [0, 0.05) is 5.25 Å². The molecule has 0 aromatic carbocycles. The molecule has 0 spiro atoms. The largest absolute Gasteiger partial charge is 1.00 e. The predicted molar refractivity (Wildman–Crippen MR) is 70.8 cm³/mol. The minimum absolute atomic E-state index is 0. The Balaban J connectivity index is 0.00000220. The molecule has 0 bridgehead atoms. The minimum Gasteiger partial charge on any atom is -0.772 e. The Labute approximate surface area is 149 Å². The minimum atomic E-state index is -2.27. The molecule has 0 saturated heterocycles. The van der Waals surface area contributed by atoms with Gasteiger partial charge in [-0.3, -0.25) is 9.00 Å². The van der Waals surface area contributed by atoms with Crippen molar-refractivity contribution < 1.29 is 58.1 Å². The summed E-state index contributed by atoms with van der Waals surface area (Å²) in [5.74, 6) is -1.62. The topological polar surface area (TPSA) is 107 Å². The quantitative estimate of drug-likeness (QED) is 0.448. The average molecular weight is 328 g/mol. The summed E-state index contributed by atoms with van der Waals surface area (Å²) in [5.41, 5.74) is 0. The van der Waals surface area contributed by atoms with Crippen LogP contribution in [0.4, 0.5) is 0 Å². The Morgan fingerprint density at radius 2 is 1.86 bits per heavy atom. The molecule has 6 unspecified atom stereocenters. The number of hydrogen-bond acceptors (Lipinski definition) is 5. The number of hydrogen-bond donors (Lipinski definition) is 2. The Morgan fingerprint density at radius 3 is 2.43 bits per heavy atom. The molecule has 6 nitrogen and oxygen atoms in total. The number of carboxylic acid groups (broad SMARTS) is 1. The van der Waals surface area contributed by atoms with Crippen LogP contribution in [-0.4, -0.2) is 48.5 Å². The monoisotopic (exact) mass is 328 g/mol. The van der Waals surface area contributed by atoms with Crippen molar-refractivity contribution in [1.82, 2.24) is 0 Å². The molecule has 0 radical (unpaired) electrons. The average Bonchev–Trinajstić information content (AvgIpc) is 2.38. The number of carboxylic acids is 1. The van der Waals surface area contributed by atoms with Crippen molar-refractivity contribution in [3.63, 3.8) is 0 Å². The summed E-state index contributed by atoms with van der Waals surface area (Å²) in [6.45, 7) is 0. The van der Waals surface area contributed by atoms with Crippen LogP contribution in [0, 0.1) is 5.92 Å². The first-order valence-electron chi connectivity index (χ1n) is 7.10. The molecule has 8 heteroatoms. The van der Waals surface area contributed by atoms with E-state index in [0.717, 1.165) is 19.3 Å². The van der Waals surface area contributed by atoms with Gasteiger partial charge in [-0.15, -0.1) is 0 Å². The molecule has 2 rings (SSSR count). The summed E-state index contributed by atoms with van der Waals surface area (Å²) >= 11 is -2.27. The van der Waals surface area contributed by atoms with Gasteiger partial charge in [0.2, 0.25) is 0 Å². The van der Waals surface area contributed by atoms with Crippen LogP contribution in [0.1, 0.15) is 44.9 Å². The number of ether oxygens (including phenoxy) is 1. The molecular weight excluding hydrogens is 307 g/mol. The number of carbonyl (C=O) groups is 1. The zero-order chi connectivity index (χ0) is 14.7. The summed E-state index contributed by atoms with van der Waals surface area (Å²) in [5, 5.41) is 18.1. The molecule has 2 fully saturated rings.